The number of aryl methyl sites for hydroxylation is 1. The van der Waals surface area contributed by atoms with Gasteiger partial charge in [-0.25, -0.2) is 9.67 Å². The van der Waals surface area contributed by atoms with Crippen molar-refractivity contribution in [1.82, 2.24) is 30.2 Å². The second-order valence-electron chi connectivity index (χ2n) is 4.05. The van der Waals surface area contributed by atoms with Gasteiger partial charge in [-0.1, -0.05) is 5.16 Å². The van der Waals surface area contributed by atoms with E-state index in [9.17, 15) is 0 Å². The van der Waals surface area contributed by atoms with E-state index in [0.717, 1.165) is 5.82 Å². The first-order valence-corrected chi connectivity index (χ1v) is 5.55. The lowest BCUT2D eigenvalue weighted by molar-refractivity contribution is 0.362. The van der Waals surface area contributed by atoms with Gasteiger partial charge in [0.1, 0.15) is 12.2 Å². The summed E-state index contributed by atoms with van der Waals surface area (Å²) in [6.45, 7) is 7.09. The van der Waals surface area contributed by atoms with E-state index in [4.69, 9.17) is 4.52 Å². The van der Waals surface area contributed by atoms with Crippen LogP contribution in [0, 0.1) is 6.92 Å². The molecule has 2 aromatic heterocycles. The van der Waals surface area contributed by atoms with Gasteiger partial charge < -0.3 is 9.84 Å². The highest BCUT2D eigenvalue weighted by atomic mass is 16.5. The lowest BCUT2D eigenvalue weighted by atomic mass is 10.4. The van der Waals surface area contributed by atoms with Gasteiger partial charge in [-0.3, -0.25) is 0 Å². The third kappa shape index (κ3) is 2.88. The van der Waals surface area contributed by atoms with Crippen LogP contribution in [0.25, 0.3) is 0 Å². The molecule has 0 amide bonds. The Morgan fingerprint density at radius 1 is 1.41 bits per heavy atom. The zero-order valence-electron chi connectivity index (χ0n) is 10.2. The van der Waals surface area contributed by atoms with E-state index in [1.54, 1.807) is 13.3 Å². The lowest BCUT2D eigenvalue weighted by Gasteiger charge is -2.09. The van der Waals surface area contributed by atoms with Crippen molar-refractivity contribution >= 4 is 0 Å². The highest BCUT2D eigenvalue weighted by Gasteiger charge is 2.08. The fourth-order valence-electron chi connectivity index (χ4n) is 1.52. The Morgan fingerprint density at radius 2 is 2.24 bits per heavy atom. The van der Waals surface area contributed by atoms with Gasteiger partial charge in [-0.05, 0) is 20.8 Å². The van der Waals surface area contributed by atoms with Crippen molar-refractivity contribution in [3.63, 3.8) is 0 Å². The summed E-state index contributed by atoms with van der Waals surface area (Å²) in [5, 5.41) is 11.1. The molecule has 0 atom stereocenters. The average molecular weight is 236 g/mol. The molecular formula is C10H16N6O. The Morgan fingerprint density at radius 3 is 2.88 bits per heavy atom. The van der Waals surface area contributed by atoms with Crippen LogP contribution < -0.4 is 5.32 Å². The first-order chi connectivity index (χ1) is 8.16. The minimum Gasteiger partial charge on any atom is -0.338 e. The molecule has 0 spiro atoms. The minimum atomic E-state index is 0.306. The second kappa shape index (κ2) is 5.05. The molecular weight excluding hydrogens is 220 g/mol. The van der Waals surface area contributed by atoms with Gasteiger partial charge >= 0.3 is 0 Å². The van der Waals surface area contributed by atoms with E-state index in [1.165, 1.54) is 0 Å². The molecule has 7 heteroatoms. The summed E-state index contributed by atoms with van der Waals surface area (Å²) >= 11 is 0. The number of aromatic nitrogens is 5. The number of nitrogens with zero attached hydrogens (tertiary/aromatic N) is 5. The quantitative estimate of drug-likeness (QED) is 0.828. The molecule has 2 rings (SSSR count). The van der Waals surface area contributed by atoms with Crippen LogP contribution in [0.4, 0.5) is 0 Å². The Balaban J connectivity index is 1.88. The smallest absolute Gasteiger partial charge is 0.240 e. The molecule has 0 saturated heterocycles. The SMILES string of the molecule is Cc1noc(CNCc2ncnn2C(C)C)n1. The van der Waals surface area contributed by atoms with E-state index < -0.39 is 0 Å². The molecule has 92 valence electrons. The number of hydrogen-bond donors (Lipinski definition) is 1. The van der Waals surface area contributed by atoms with Crippen LogP contribution in [0.5, 0.6) is 0 Å². The molecule has 2 aromatic rings. The summed E-state index contributed by atoms with van der Waals surface area (Å²) in [5.41, 5.74) is 0. The maximum absolute atomic E-state index is 4.99. The second-order valence-corrected chi connectivity index (χ2v) is 4.05. The molecule has 0 fully saturated rings. The van der Waals surface area contributed by atoms with E-state index in [-0.39, 0.29) is 0 Å². The monoisotopic (exact) mass is 236 g/mol. The standard InChI is InChI=1S/C10H16N6O/c1-7(2)16-9(12-6-13-16)4-11-5-10-14-8(3)15-17-10/h6-7,11H,4-5H2,1-3H3. The summed E-state index contributed by atoms with van der Waals surface area (Å²) < 4.78 is 6.88. The van der Waals surface area contributed by atoms with E-state index in [2.05, 4.69) is 39.4 Å². The molecule has 1 N–H and O–H groups in total. The van der Waals surface area contributed by atoms with Gasteiger partial charge in [0.05, 0.1) is 13.1 Å². The van der Waals surface area contributed by atoms with Crippen molar-refractivity contribution in [2.45, 2.75) is 39.9 Å². The van der Waals surface area contributed by atoms with Crippen molar-refractivity contribution in [3.8, 4) is 0 Å². The maximum atomic E-state index is 4.99. The largest absolute Gasteiger partial charge is 0.338 e. The van der Waals surface area contributed by atoms with E-state index in [0.29, 0.717) is 30.8 Å². The minimum absolute atomic E-state index is 0.306. The fourth-order valence-corrected chi connectivity index (χ4v) is 1.52. The van der Waals surface area contributed by atoms with Gasteiger partial charge in [-0.2, -0.15) is 10.1 Å². The first kappa shape index (κ1) is 11.7. The molecule has 17 heavy (non-hydrogen) atoms. The van der Waals surface area contributed by atoms with Gasteiger partial charge in [0, 0.05) is 6.04 Å². The molecule has 0 saturated carbocycles. The molecule has 7 nitrogen and oxygen atoms in total. The predicted octanol–water partition coefficient (Wildman–Crippen LogP) is 0.840. The Kier molecular flexibility index (Phi) is 3.48. The molecule has 0 radical (unpaired) electrons. The molecule has 2 heterocycles. The number of hydrogen-bond acceptors (Lipinski definition) is 6. The highest BCUT2D eigenvalue weighted by molar-refractivity contribution is 4.87. The van der Waals surface area contributed by atoms with Crippen LogP contribution in [0.15, 0.2) is 10.9 Å². The van der Waals surface area contributed by atoms with Crippen LogP contribution >= 0.6 is 0 Å². The average Bonchev–Trinajstić information content (AvgIpc) is 2.87. The zero-order valence-corrected chi connectivity index (χ0v) is 10.2. The van der Waals surface area contributed by atoms with E-state index in [1.807, 2.05) is 4.68 Å². The Bertz CT molecular complexity index is 475. The Hall–Kier alpha value is -1.76. The fraction of sp³-hybridized carbons (Fsp3) is 0.600. The molecule has 0 aliphatic rings. The normalized spacial score (nSPS) is 11.3. The molecule has 0 bridgehead atoms. The van der Waals surface area contributed by atoms with Gasteiger partial charge in [0.25, 0.3) is 0 Å². The van der Waals surface area contributed by atoms with Crippen molar-refractivity contribution in [2.24, 2.45) is 0 Å². The van der Waals surface area contributed by atoms with E-state index >= 15 is 0 Å². The number of nitrogens with one attached hydrogen (secondary N) is 1. The van der Waals surface area contributed by atoms with Crippen molar-refractivity contribution in [1.29, 1.82) is 0 Å². The van der Waals surface area contributed by atoms with Crippen LogP contribution in [0.1, 0.15) is 37.4 Å². The topological polar surface area (TPSA) is 81.7 Å². The first-order valence-electron chi connectivity index (χ1n) is 5.55. The molecule has 0 aliphatic carbocycles. The third-order valence-electron chi connectivity index (χ3n) is 2.27. The molecule has 0 unspecified atom stereocenters. The number of rotatable bonds is 5. The summed E-state index contributed by atoms with van der Waals surface area (Å²) in [4.78, 5) is 8.30. The van der Waals surface area contributed by atoms with Gasteiger partial charge in [0.15, 0.2) is 5.82 Å². The summed E-state index contributed by atoms with van der Waals surface area (Å²) in [6, 6.07) is 0.306. The highest BCUT2D eigenvalue weighted by Crippen LogP contribution is 2.05. The van der Waals surface area contributed by atoms with Crippen LogP contribution in [-0.2, 0) is 13.1 Å². The van der Waals surface area contributed by atoms with Crippen LogP contribution in [0.2, 0.25) is 0 Å². The summed E-state index contributed by atoms with van der Waals surface area (Å²) in [5.74, 6) is 2.13. The zero-order chi connectivity index (χ0) is 12.3. The van der Waals surface area contributed by atoms with Crippen molar-refractivity contribution in [2.75, 3.05) is 0 Å². The van der Waals surface area contributed by atoms with Crippen molar-refractivity contribution < 1.29 is 4.52 Å². The maximum Gasteiger partial charge on any atom is 0.240 e. The molecule has 0 aromatic carbocycles. The summed E-state index contributed by atoms with van der Waals surface area (Å²) in [6.07, 6.45) is 1.56. The van der Waals surface area contributed by atoms with Crippen LogP contribution in [0.3, 0.4) is 0 Å². The van der Waals surface area contributed by atoms with Crippen LogP contribution in [-0.4, -0.2) is 24.9 Å². The van der Waals surface area contributed by atoms with Gasteiger partial charge in [0.2, 0.25) is 5.89 Å². The van der Waals surface area contributed by atoms with Crippen molar-refractivity contribution in [3.05, 3.63) is 23.9 Å². The molecule has 0 aliphatic heterocycles. The lowest BCUT2D eigenvalue weighted by Crippen LogP contribution is -2.18. The summed E-state index contributed by atoms with van der Waals surface area (Å²) in [7, 11) is 0. The Labute approximate surface area is 99.2 Å². The third-order valence-corrected chi connectivity index (χ3v) is 2.27. The predicted molar refractivity (Wildman–Crippen MR) is 60.0 cm³/mol. The van der Waals surface area contributed by atoms with Gasteiger partial charge in [-0.15, -0.1) is 0 Å².